The number of amides is 1. The van der Waals surface area contributed by atoms with E-state index >= 15 is 0 Å². The van der Waals surface area contributed by atoms with Gasteiger partial charge in [-0.25, -0.2) is 4.79 Å². The molecule has 0 aliphatic carbocycles. The summed E-state index contributed by atoms with van der Waals surface area (Å²) in [5.41, 5.74) is 1.71. The van der Waals surface area contributed by atoms with Gasteiger partial charge in [-0.15, -0.1) is 0 Å². The fourth-order valence-electron chi connectivity index (χ4n) is 2.37. The first-order chi connectivity index (χ1) is 12.0. The highest BCUT2D eigenvalue weighted by molar-refractivity contribution is 5.93. The Morgan fingerprint density at radius 3 is 2.40 bits per heavy atom. The summed E-state index contributed by atoms with van der Waals surface area (Å²) >= 11 is 0. The van der Waals surface area contributed by atoms with Gasteiger partial charge in [0.25, 0.3) is 0 Å². The summed E-state index contributed by atoms with van der Waals surface area (Å²) in [5.74, 6) is 0.164. The molecule has 0 fully saturated rings. The Hall–Kier alpha value is -3.02. The highest BCUT2D eigenvalue weighted by Gasteiger charge is 2.12. The predicted molar refractivity (Wildman–Crippen MR) is 94.3 cm³/mol. The van der Waals surface area contributed by atoms with Crippen LogP contribution in [-0.2, 0) is 16.0 Å². The summed E-state index contributed by atoms with van der Waals surface area (Å²) < 4.78 is 10.4. The smallest absolute Gasteiger partial charge is 0.341 e. The highest BCUT2D eigenvalue weighted by Crippen LogP contribution is 2.22. The van der Waals surface area contributed by atoms with Gasteiger partial charge >= 0.3 is 5.97 Å². The number of ether oxygens (including phenoxy) is 2. The number of methoxy groups -OCH3 is 1. The lowest BCUT2D eigenvalue weighted by Crippen LogP contribution is -2.26. The van der Waals surface area contributed by atoms with E-state index < -0.39 is 12.6 Å². The molecule has 132 valence electrons. The van der Waals surface area contributed by atoms with Crippen molar-refractivity contribution in [2.75, 3.05) is 25.7 Å². The number of aliphatic carboxylic acids is 1. The fraction of sp³-hybridized carbons (Fsp3) is 0.263. The van der Waals surface area contributed by atoms with Gasteiger partial charge in [0, 0.05) is 19.2 Å². The molecule has 0 bridgehead atoms. The highest BCUT2D eigenvalue weighted by atomic mass is 16.5. The van der Waals surface area contributed by atoms with Crippen LogP contribution in [0.5, 0.6) is 11.5 Å². The summed E-state index contributed by atoms with van der Waals surface area (Å²) in [7, 11) is 3.32. The number of rotatable bonds is 8. The number of anilines is 1. The lowest BCUT2D eigenvalue weighted by Gasteiger charge is -2.18. The van der Waals surface area contributed by atoms with E-state index in [9.17, 15) is 9.59 Å². The SMILES string of the molecule is COc1ccccc1CCC(=O)N(C)c1ccc(OCC(=O)O)cc1. The lowest BCUT2D eigenvalue weighted by molar-refractivity contribution is -0.139. The van der Waals surface area contributed by atoms with Gasteiger partial charge in [0.15, 0.2) is 6.61 Å². The molecule has 1 N–H and O–H groups in total. The van der Waals surface area contributed by atoms with Crippen LogP contribution >= 0.6 is 0 Å². The van der Waals surface area contributed by atoms with Crippen LogP contribution in [0.15, 0.2) is 48.5 Å². The van der Waals surface area contributed by atoms with Crippen molar-refractivity contribution in [1.29, 1.82) is 0 Å². The van der Waals surface area contributed by atoms with Crippen molar-refractivity contribution in [3.63, 3.8) is 0 Å². The standard InChI is InChI=1S/C19H21NO5/c1-20(15-8-10-16(11-9-15)25-13-19(22)23)18(21)12-7-14-5-3-4-6-17(14)24-2/h3-6,8-11H,7,12-13H2,1-2H3,(H,22,23). The molecule has 0 unspecified atom stereocenters. The number of para-hydroxylation sites is 1. The molecule has 0 aliphatic heterocycles. The number of nitrogens with zero attached hydrogens (tertiary/aromatic N) is 1. The van der Waals surface area contributed by atoms with Crippen LogP contribution in [0.3, 0.4) is 0 Å². The van der Waals surface area contributed by atoms with Crippen LogP contribution < -0.4 is 14.4 Å². The number of carboxylic acid groups (broad SMARTS) is 1. The zero-order chi connectivity index (χ0) is 18.2. The Labute approximate surface area is 146 Å². The van der Waals surface area contributed by atoms with Crippen molar-refractivity contribution in [2.45, 2.75) is 12.8 Å². The second-order valence-corrected chi connectivity index (χ2v) is 5.44. The monoisotopic (exact) mass is 343 g/mol. The Morgan fingerprint density at radius 1 is 1.08 bits per heavy atom. The largest absolute Gasteiger partial charge is 0.496 e. The predicted octanol–water partition coefficient (Wildman–Crippen LogP) is 2.75. The second-order valence-electron chi connectivity index (χ2n) is 5.44. The Bertz CT molecular complexity index is 727. The maximum absolute atomic E-state index is 12.4. The van der Waals surface area contributed by atoms with E-state index in [0.717, 1.165) is 11.3 Å². The molecule has 0 aromatic heterocycles. The van der Waals surface area contributed by atoms with Crippen LogP contribution in [0.25, 0.3) is 0 Å². The molecule has 0 spiro atoms. The molecule has 0 atom stereocenters. The van der Waals surface area contributed by atoms with Crippen LogP contribution in [0.4, 0.5) is 5.69 Å². The molecule has 0 saturated heterocycles. The summed E-state index contributed by atoms with van der Waals surface area (Å²) in [6, 6.07) is 14.4. The molecule has 2 aromatic rings. The van der Waals surface area contributed by atoms with E-state index in [1.165, 1.54) is 0 Å². The Balaban J connectivity index is 1.94. The minimum atomic E-state index is -1.03. The zero-order valence-electron chi connectivity index (χ0n) is 14.3. The molecule has 25 heavy (non-hydrogen) atoms. The third-order valence-corrected chi connectivity index (χ3v) is 3.76. The number of hydrogen-bond donors (Lipinski definition) is 1. The van der Waals surface area contributed by atoms with Gasteiger partial charge in [-0.05, 0) is 42.3 Å². The minimum absolute atomic E-state index is 0.0230. The minimum Gasteiger partial charge on any atom is -0.496 e. The van der Waals surface area contributed by atoms with Crippen molar-refractivity contribution in [3.8, 4) is 11.5 Å². The molecule has 0 aliphatic rings. The molecule has 6 heteroatoms. The maximum atomic E-state index is 12.4. The molecule has 6 nitrogen and oxygen atoms in total. The summed E-state index contributed by atoms with van der Waals surface area (Å²) in [5, 5.41) is 8.59. The second kappa shape index (κ2) is 8.73. The van der Waals surface area contributed by atoms with Crippen molar-refractivity contribution in [2.24, 2.45) is 0 Å². The summed E-state index contributed by atoms with van der Waals surface area (Å²) in [4.78, 5) is 24.4. The third-order valence-electron chi connectivity index (χ3n) is 3.76. The Morgan fingerprint density at radius 2 is 1.76 bits per heavy atom. The number of carbonyl (C=O) groups is 2. The molecule has 0 radical (unpaired) electrons. The van der Waals surface area contributed by atoms with Gasteiger partial charge in [-0.2, -0.15) is 0 Å². The van der Waals surface area contributed by atoms with Gasteiger partial charge in [0.1, 0.15) is 11.5 Å². The summed E-state index contributed by atoms with van der Waals surface area (Å²) in [6.45, 7) is -0.396. The third kappa shape index (κ3) is 5.24. The van der Waals surface area contributed by atoms with Crippen LogP contribution in [-0.4, -0.2) is 37.7 Å². The van der Waals surface area contributed by atoms with Gasteiger partial charge < -0.3 is 19.5 Å². The molecule has 2 aromatic carbocycles. The van der Waals surface area contributed by atoms with Crippen LogP contribution in [0.1, 0.15) is 12.0 Å². The van der Waals surface area contributed by atoms with Gasteiger partial charge in [-0.3, -0.25) is 4.79 Å². The lowest BCUT2D eigenvalue weighted by atomic mass is 10.1. The van der Waals surface area contributed by atoms with E-state index in [0.29, 0.717) is 24.3 Å². The van der Waals surface area contributed by atoms with E-state index in [-0.39, 0.29) is 5.91 Å². The first kappa shape index (κ1) is 18.3. The average Bonchev–Trinajstić information content (AvgIpc) is 2.64. The number of carbonyl (C=O) groups excluding carboxylic acids is 1. The maximum Gasteiger partial charge on any atom is 0.341 e. The first-order valence-electron chi connectivity index (χ1n) is 7.84. The van der Waals surface area contributed by atoms with Gasteiger partial charge in [0.05, 0.1) is 7.11 Å². The average molecular weight is 343 g/mol. The van der Waals surface area contributed by atoms with Crippen molar-refractivity contribution in [1.82, 2.24) is 0 Å². The molecule has 0 heterocycles. The number of hydrogen-bond acceptors (Lipinski definition) is 4. The van der Waals surface area contributed by atoms with Crippen LogP contribution in [0.2, 0.25) is 0 Å². The molecule has 0 saturated carbocycles. The van der Waals surface area contributed by atoms with E-state index in [1.807, 2.05) is 24.3 Å². The first-order valence-corrected chi connectivity index (χ1v) is 7.84. The normalized spacial score (nSPS) is 10.2. The van der Waals surface area contributed by atoms with E-state index in [4.69, 9.17) is 14.6 Å². The van der Waals surface area contributed by atoms with Gasteiger partial charge in [0.2, 0.25) is 5.91 Å². The van der Waals surface area contributed by atoms with E-state index in [2.05, 4.69) is 0 Å². The quantitative estimate of drug-likeness (QED) is 0.797. The molecule has 1 amide bonds. The number of benzene rings is 2. The zero-order valence-corrected chi connectivity index (χ0v) is 14.3. The molecular formula is C19H21NO5. The Kier molecular flexibility index (Phi) is 6.39. The molecule has 2 rings (SSSR count). The number of aryl methyl sites for hydroxylation is 1. The molecular weight excluding hydrogens is 322 g/mol. The topological polar surface area (TPSA) is 76.1 Å². The van der Waals surface area contributed by atoms with Crippen molar-refractivity contribution >= 4 is 17.6 Å². The summed E-state index contributed by atoms with van der Waals surface area (Å²) in [6.07, 6.45) is 0.946. The van der Waals surface area contributed by atoms with E-state index in [1.54, 1.807) is 43.3 Å². The van der Waals surface area contributed by atoms with Crippen molar-refractivity contribution in [3.05, 3.63) is 54.1 Å². The fourth-order valence-corrected chi connectivity index (χ4v) is 2.37. The number of carboxylic acids is 1. The van der Waals surface area contributed by atoms with Gasteiger partial charge in [-0.1, -0.05) is 18.2 Å². The van der Waals surface area contributed by atoms with Crippen LogP contribution in [0, 0.1) is 0 Å². The van der Waals surface area contributed by atoms with Crippen molar-refractivity contribution < 1.29 is 24.2 Å².